The Kier molecular flexibility index (Phi) is 4.39. The molecule has 5 heteroatoms. The first-order valence-electron chi connectivity index (χ1n) is 8.48. The van der Waals surface area contributed by atoms with E-state index in [-0.39, 0.29) is 0 Å². The normalized spacial score (nSPS) is 15.2. The van der Waals surface area contributed by atoms with Crippen molar-refractivity contribution in [2.24, 2.45) is 0 Å². The quantitative estimate of drug-likeness (QED) is 0.736. The molecule has 1 aromatic carbocycles. The highest BCUT2D eigenvalue weighted by Gasteiger charge is 2.12. The van der Waals surface area contributed by atoms with Crippen LogP contribution < -0.4 is 4.90 Å². The highest BCUT2D eigenvalue weighted by molar-refractivity contribution is 5.81. The molecule has 0 N–H and O–H groups in total. The summed E-state index contributed by atoms with van der Waals surface area (Å²) in [7, 11) is 0. The number of ether oxygens (including phenoxy) is 1. The number of morpholine rings is 1. The molecule has 1 saturated heterocycles. The van der Waals surface area contributed by atoms with Crippen LogP contribution in [0.1, 0.15) is 16.8 Å². The van der Waals surface area contributed by atoms with E-state index < -0.39 is 0 Å². The van der Waals surface area contributed by atoms with Crippen LogP contribution in [-0.2, 0) is 4.74 Å². The molecule has 1 aliphatic heterocycles. The number of aromatic nitrogens is 3. The molecule has 2 aromatic heterocycles. The Hall–Kier alpha value is -2.79. The molecule has 126 valence electrons. The summed E-state index contributed by atoms with van der Waals surface area (Å²) in [5, 5.41) is 1.16. The van der Waals surface area contributed by atoms with Gasteiger partial charge in [0.05, 0.1) is 24.4 Å². The summed E-state index contributed by atoms with van der Waals surface area (Å²) in [4.78, 5) is 15.7. The Morgan fingerprint density at radius 1 is 1.00 bits per heavy atom. The lowest BCUT2D eigenvalue weighted by atomic mass is 10.1. The number of hydrogen-bond donors (Lipinski definition) is 0. The zero-order valence-corrected chi connectivity index (χ0v) is 14.2. The number of pyridine rings is 1. The van der Waals surface area contributed by atoms with E-state index in [0.29, 0.717) is 0 Å². The van der Waals surface area contributed by atoms with Crippen LogP contribution in [0.2, 0.25) is 0 Å². The van der Waals surface area contributed by atoms with Gasteiger partial charge in [0.2, 0.25) is 5.95 Å². The van der Waals surface area contributed by atoms with E-state index in [1.165, 1.54) is 5.56 Å². The predicted molar refractivity (Wildman–Crippen MR) is 100 cm³/mol. The Bertz CT molecular complexity index is 899. The summed E-state index contributed by atoms with van der Waals surface area (Å²) in [6, 6.07) is 10.4. The molecular weight excluding hydrogens is 312 g/mol. The number of nitrogens with zero attached hydrogens (tertiary/aromatic N) is 4. The van der Waals surface area contributed by atoms with Crippen LogP contribution in [0.15, 0.2) is 42.7 Å². The van der Waals surface area contributed by atoms with Gasteiger partial charge in [-0.2, -0.15) is 0 Å². The number of fused-ring (bicyclic) bond motifs is 1. The van der Waals surface area contributed by atoms with E-state index in [2.05, 4.69) is 51.0 Å². The van der Waals surface area contributed by atoms with Crippen LogP contribution in [0.5, 0.6) is 0 Å². The van der Waals surface area contributed by atoms with Crippen molar-refractivity contribution < 1.29 is 4.74 Å². The van der Waals surface area contributed by atoms with Gasteiger partial charge in [-0.05, 0) is 37.3 Å². The van der Waals surface area contributed by atoms with E-state index in [0.717, 1.165) is 54.4 Å². The first kappa shape index (κ1) is 15.7. The second-order valence-corrected chi connectivity index (χ2v) is 6.18. The zero-order chi connectivity index (χ0) is 17.1. The maximum atomic E-state index is 5.35. The third-order valence-electron chi connectivity index (χ3n) is 4.26. The minimum absolute atomic E-state index is 0.734. The van der Waals surface area contributed by atoms with Gasteiger partial charge in [0.1, 0.15) is 0 Å². The maximum absolute atomic E-state index is 5.35. The topological polar surface area (TPSA) is 51.1 Å². The van der Waals surface area contributed by atoms with Gasteiger partial charge in [-0.1, -0.05) is 17.7 Å². The lowest BCUT2D eigenvalue weighted by molar-refractivity contribution is 0.122. The van der Waals surface area contributed by atoms with Crippen molar-refractivity contribution in [2.75, 3.05) is 31.2 Å². The van der Waals surface area contributed by atoms with E-state index in [9.17, 15) is 0 Å². The summed E-state index contributed by atoms with van der Waals surface area (Å²) < 4.78 is 5.35. The van der Waals surface area contributed by atoms with Gasteiger partial charge in [-0.3, -0.25) is 0 Å². The smallest absolute Gasteiger partial charge is 0.225 e. The van der Waals surface area contributed by atoms with Crippen molar-refractivity contribution >= 4 is 29.0 Å². The minimum atomic E-state index is 0.734. The number of anilines is 1. The lowest BCUT2D eigenvalue weighted by Gasteiger charge is -2.26. The van der Waals surface area contributed by atoms with E-state index in [1.54, 1.807) is 0 Å². The molecule has 0 radical (unpaired) electrons. The van der Waals surface area contributed by atoms with Crippen molar-refractivity contribution in [1.82, 2.24) is 15.0 Å². The van der Waals surface area contributed by atoms with Crippen molar-refractivity contribution in [2.45, 2.75) is 6.92 Å². The highest BCUT2D eigenvalue weighted by atomic mass is 16.5. The second kappa shape index (κ2) is 6.99. The Morgan fingerprint density at radius 2 is 1.80 bits per heavy atom. The molecule has 0 saturated carbocycles. The van der Waals surface area contributed by atoms with Crippen LogP contribution in [0.25, 0.3) is 23.1 Å². The fraction of sp³-hybridized carbons (Fsp3) is 0.250. The van der Waals surface area contributed by atoms with Gasteiger partial charge >= 0.3 is 0 Å². The highest BCUT2D eigenvalue weighted by Crippen LogP contribution is 2.16. The van der Waals surface area contributed by atoms with Gasteiger partial charge in [0, 0.05) is 36.4 Å². The molecule has 25 heavy (non-hydrogen) atoms. The fourth-order valence-corrected chi connectivity index (χ4v) is 2.88. The van der Waals surface area contributed by atoms with Crippen LogP contribution in [0, 0.1) is 6.92 Å². The van der Waals surface area contributed by atoms with Crippen molar-refractivity contribution in [3.05, 3.63) is 59.5 Å². The first-order valence-corrected chi connectivity index (χ1v) is 8.48. The molecule has 1 fully saturated rings. The van der Waals surface area contributed by atoms with Gasteiger partial charge in [-0.15, -0.1) is 0 Å². The van der Waals surface area contributed by atoms with Crippen LogP contribution in [0.4, 0.5) is 5.95 Å². The third-order valence-corrected chi connectivity index (χ3v) is 4.26. The molecule has 4 rings (SSSR count). The summed E-state index contributed by atoms with van der Waals surface area (Å²) in [6.45, 7) is 5.25. The Labute approximate surface area is 147 Å². The average molecular weight is 332 g/mol. The molecule has 1 aliphatic rings. The van der Waals surface area contributed by atoms with E-state index in [1.807, 2.05) is 30.6 Å². The third kappa shape index (κ3) is 3.67. The van der Waals surface area contributed by atoms with Gasteiger partial charge < -0.3 is 9.64 Å². The van der Waals surface area contributed by atoms with E-state index >= 15 is 0 Å². The minimum Gasteiger partial charge on any atom is -0.378 e. The van der Waals surface area contributed by atoms with Crippen LogP contribution in [-0.4, -0.2) is 41.3 Å². The standard InChI is InChI=1S/C20H20N4O/c1-15-2-7-19-17(12-15)4-6-18(23-19)5-3-16-13-21-20(22-14-16)24-8-10-25-11-9-24/h2-7,12-14H,8-11H2,1H3/b5-3+. The summed E-state index contributed by atoms with van der Waals surface area (Å²) in [5.74, 6) is 0.764. The molecule has 0 atom stereocenters. The number of rotatable bonds is 3. The van der Waals surface area contributed by atoms with E-state index in [4.69, 9.17) is 4.74 Å². The Balaban J connectivity index is 1.50. The number of aryl methyl sites for hydroxylation is 1. The second-order valence-electron chi connectivity index (χ2n) is 6.18. The molecule has 3 aromatic rings. The number of benzene rings is 1. The fourth-order valence-electron chi connectivity index (χ4n) is 2.88. The molecule has 0 aliphatic carbocycles. The molecular formula is C20H20N4O. The SMILES string of the molecule is Cc1ccc2nc(/C=C/c3cnc(N4CCOCC4)nc3)ccc2c1. The van der Waals surface area contributed by atoms with Gasteiger partial charge in [0.15, 0.2) is 0 Å². The van der Waals surface area contributed by atoms with Crippen molar-refractivity contribution in [1.29, 1.82) is 0 Å². The van der Waals surface area contributed by atoms with Crippen molar-refractivity contribution in [3.8, 4) is 0 Å². The summed E-state index contributed by atoms with van der Waals surface area (Å²) in [5.41, 5.74) is 4.14. The Morgan fingerprint density at radius 3 is 2.60 bits per heavy atom. The average Bonchev–Trinajstić information content (AvgIpc) is 2.67. The molecule has 3 heterocycles. The predicted octanol–water partition coefficient (Wildman–Crippen LogP) is 3.34. The maximum Gasteiger partial charge on any atom is 0.225 e. The summed E-state index contributed by atoms with van der Waals surface area (Å²) in [6.07, 6.45) is 7.68. The van der Waals surface area contributed by atoms with Crippen LogP contribution >= 0.6 is 0 Å². The molecule has 0 amide bonds. The molecule has 5 nitrogen and oxygen atoms in total. The molecule has 0 spiro atoms. The monoisotopic (exact) mass is 332 g/mol. The number of hydrogen-bond acceptors (Lipinski definition) is 5. The van der Waals surface area contributed by atoms with Crippen molar-refractivity contribution in [3.63, 3.8) is 0 Å². The van der Waals surface area contributed by atoms with Gasteiger partial charge in [-0.25, -0.2) is 15.0 Å². The summed E-state index contributed by atoms with van der Waals surface area (Å²) >= 11 is 0. The first-order chi connectivity index (χ1) is 12.3. The lowest BCUT2D eigenvalue weighted by Crippen LogP contribution is -2.37. The van der Waals surface area contributed by atoms with Crippen LogP contribution in [0.3, 0.4) is 0 Å². The largest absolute Gasteiger partial charge is 0.378 e. The molecule has 0 bridgehead atoms. The molecule has 0 unspecified atom stereocenters. The zero-order valence-electron chi connectivity index (χ0n) is 14.2. The van der Waals surface area contributed by atoms with Gasteiger partial charge in [0.25, 0.3) is 0 Å².